The van der Waals surface area contributed by atoms with Crippen molar-refractivity contribution >= 4 is 23.0 Å². The van der Waals surface area contributed by atoms with E-state index >= 15 is 0 Å². The van der Waals surface area contributed by atoms with Crippen molar-refractivity contribution in [1.82, 2.24) is 9.88 Å². The van der Waals surface area contributed by atoms with Gasteiger partial charge in [0.15, 0.2) is 0 Å². The number of likely N-dealkylation sites (tertiary alicyclic amines) is 1. The highest BCUT2D eigenvalue weighted by molar-refractivity contribution is 5.80. The first-order valence-electron chi connectivity index (χ1n) is 8.74. The molecule has 1 aliphatic rings. The summed E-state index contributed by atoms with van der Waals surface area (Å²) in [5.74, 6) is -0.892. The van der Waals surface area contributed by atoms with Crippen LogP contribution in [0.5, 0.6) is 0 Å². The molecule has 1 fully saturated rings. The van der Waals surface area contributed by atoms with Crippen molar-refractivity contribution in [3.05, 3.63) is 42.1 Å². The van der Waals surface area contributed by atoms with Crippen molar-refractivity contribution in [2.75, 3.05) is 13.1 Å². The monoisotopic (exact) mass is 356 g/mol. The van der Waals surface area contributed by atoms with Crippen LogP contribution in [0.4, 0.5) is 4.79 Å². The molecule has 1 N–H and O–H groups in total. The zero-order valence-corrected chi connectivity index (χ0v) is 15.4. The number of carbonyl (C=O) groups excluding carboxylic acids is 1. The Labute approximate surface area is 152 Å². The normalized spacial score (nSPS) is 20.3. The van der Waals surface area contributed by atoms with Gasteiger partial charge >= 0.3 is 12.1 Å². The molecular formula is C20H24N2O4. The number of carbonyl (C=O) groups is 2. The Bertz CT molecular complexity index is 843. The fourth-order valence-electron chi connectivity index (χ4n) is 3.35. The number of amides is 1. The number of nitrogens with zero attached hydrogens (tertiary/aromatic N) is 2. The molecule has 6 heteroatoms. The molecule has 0 saturated carbocycles. The highest BCUT2D eigenvalue weighted by Crippen LogP contribution is 2.35. The number of ether oxygens (including phenoxy) is 1. The van der Waals surface area contributed by atoms with Crippen LogP contribution in [0.2, 0.25) is 0 Å². The molecule has 3 rings (SSSR count). The molecule has 1 aromatic heterocycles. The third-order valence-electron chi connectivity index (χ3n) is 4.65. The molecule has 1 atom stereocenters. The zero-order chi connectivity index (χ0) is 18.9. The first-order chi connectivity index (χ1) is 12.2. The van der Waals surface area contributed by atoms with Crippen LogP contribution in [0.25, 0.3) is 10.9 Å². The predicted octanol–water partition coefficient (Wildman–Crippen LogP) is 3.49. The van der Waals surface area contributed by atoms with Crippen molar-refractivity contribution in [2.45, 2.75) is 39.2 Å². The van der Waals surface area contributed by atoms with E-state index in [1.54, 1.807) is 27.0 Å². The van der Waals surface area contributed by atoms with E-state index in [2.05, 4.69) is 4.98 Å². The van der Waals surface area contributed by atoms with Crippen LogP contribution in [-0.2, 0) is 16.0 Å². The minimum Gasteiger partial charge on any atom is -0.481 e. The van der Waals surface area contributed by atoms with Crippen LogP contribution in [0.3, 0.4) is 0 Å². The summed E-state index contributed by atoms with van der Waals surface area (Å²) in [5, 5.41) is 10.9. The second-order valence-electron chi connectivity index (χ2n) is 7.95. The van der Waals surface area contributed by atoms with E-state index in [1.165, 1.54) is 4.90 Å². The fraction of sp³-hybridized carbons (Fsp3) is 0.450. The van der Waals surface area contributed by atoms with Crippen LogP contribution in [-0.4, -0.2) is 45.7 Å². The third-order valence-corrected chi connectivity index (χ3v) is 4.65. The molecule has 26 heavy (non-hydrogen) atoms. The Hall–Kier alpha value is -2.63. The summed E-state index contributed by atoms with van der Waals surface area (Å²) < 4.78 is 5.38. The molecule has 1 aliphatic heterocycles. The lowest BCUT2D eigenvalue weighted by molar-refractivity contribution is -0.148. The first-order valence-corrected chi connectivity index (χ1v) is 8.74. The van der Waals surface area contributed by atoms with Crippen LogP contribution in [0, 0.1) is 5.41 Å². The summed E-state index contributed by atoms with van der Waals surface area (Å²) >= 11 is 0. The highest BCUT2D eigenvalue weighted by Gasteiger charge is 2.47. The van der Waals surface area contributed by atoms with Crippen molar-refractivity contribution < 1.29 is 19.4 Å². The van der Waals surface area contributed by atoms with E-state index in [0.717, 1.165) is 16.5 Å². The molecule has 1 unspecified atom stereocenters. The number of carboxylic acids is 1. The number of benzene rings is 1. The van der Waals surface area contributed by atoms with Crippen molar-refractivity contribution in [3.63, 3.8) is 0 Å². The maximum absolute atomic E-state index is 12.3. The van der Waals surface area contributed by atoms with Crippen molar-refractivity contribution in [3.8, 4) is 0 Å². The minimum atomic E-state index is -1.01. The molecule has 2 heterocycles. The Kier molecular flexibility index (Phi) is 4.61. The van der Waals surface area contributed by atoms with Gasteiger partial charge in [-0.3, -0.25) is 9.78 Å². The molecule has 0 bridgehead atoms. The van der Waals surface area contributed by atoms with Crippen molar-refractivity contribution in [2.24, 2.45) is 5.41 Å². The van der Waals surface area contributed by atoms with Gasteiger partial charge in [0.2, 0.25) is 0 Å². The van der Waals surface area contributed by atoms with Crippen molar-refractivity contribution in [1.29, 1.82) is 0 Å². The predicted molar refractivity (Wildman–Crippen MR) is 97.9 cm³/mol. The average molecular weight is 356 g/mol. The third kappa shape index (κ3) is 3.79. The van der Waals surface area contributed by atoms with Gasteiger partial charge in [-0.1, -0.05) is 18.2 Å². The van der Waals surface area contributed by atoms with Gasteiger partial charge < -0.3 is 14.7 Å². The van der Waals surface area contributed by atoms with E-state index in [9.17, 15) is 14.7 Å². The number of rotatable bonds is 3. The minimum absolute atomic E-state index is 0.143. The lowest BCUT2D eigenvalue weighted by Crippen LogP contribution is -2.40. The van der Waals surface area contributed by atoms with Gasteiger partial charge in [-0.15, -0.1) is 0 Å². The molecule has 1 amide bonds. The topological polar surface area (TPSA) is 79.7 Å². The second kappa shape index (κ2) is 6.59. The maximum Gasteiger partial charge on any atom is 0.410 e. The van der Waals surface area contributed by atoms with Crippen LogP contribution >= 0.6 is 0 Å². The number of hydrogen-bond donors (Lipinski definition) is 1. The summed E-state index contributed by atoms with van der Waals surface area (Å²) in [6, 6.07) is 9.71. The summed E-state index contributed by atoms with van der Waals surface area (Å²) in [6.07, 6.45) is 1.99. The average Bonchev–Trinajstić information content (AvgIpc) is 2.99. The van der Waals surface area contributed by atoms with Crippen LogP contribution in [0.1, 0.15) is 32.8 Å². The molecule has 1 aromatic carbocycles. The van der Waals surface area contributed by atoms with E-state index in [4.69, 9.17) is 4.74 Å². The number of aliphatic carboxylic acids is 1. The van der Waals surface area contributed by atoms with Gasteiger partial charge in [0.1, 0.15) is 5.60 Å². The van der Waals surface area contributed by atoms with Crippen LogP contribution in [0.15, 0.2) is 36.5 Å². The Morgan fingerprint density at radius 1 is 1.31 bits per heavy atom. The van der Waals surface area contributed by atoms with Gasteiger partial charge in [-0.25, -0.2) is 4.79 Å². The quantitative estimate of drug-likeness (QED) is 0.911. The molecule has 1 saturated heterocycles. The lowest BCUT2D eigenvalue weighted by Gasteiger charge is -2.27. The van der Waals surface area contributed by atoms with E-state index in [1.807, 2.05) is 30.3 Å². The smallest absolute Gasteiger partial charge is 0.410 e. The summed E-state index contributed by atoms with van der Waals surface area (Å²) in [4.78, 5) is 30.3. The van der Waals surface area contributed by atoms with Gasteiger partial charge in [0.25, 0.3) is 0 Å². The Balaban J connectivity index is 1.80. The van der Waals surface area contributed by atoms with E-state index < -0.39 is 23.1 Å². The number of para-hydroxylation sites is 1. The fourth-order valence-corrected chi connectivity index (χ4v) is 3.35. The second-order valence-corrected chi connectivity index (χ2v) is 7.95. The molecular weight excluding hydrogens is 332 g/mol. The van der Waals surface area contributed by atoms with E-state index in [-0.39, 0.29) is 6.54 Å². The largest absolute Gasteiger partial charge is 0.481 e. The molecule has 0 aliphatic carbocycles. The van der Waals surface area contributed by atoms with Gasteiger partial charge in [-0.2, -0.15) is 0 Å². The SMILES string of the molecule is CC(C)(C)OC(=O)N1CCC(Cc2cnc3ccccc3c2)(C(=O)O)C1. The number of pyridine rings is 1. The number of carboxylic acid groups (broad SMARTS) is 1. The Morgan fingerprint density at radius 3 is 2.73 bits per heavy atom. The molecule has 2 aromatic rings. The summed E-state index contributed by atoms with van der Waals surface area (Å²) in [7, 11) is 0. The standard InChI is InChI=1S/C20H24N2O4/c1-19(2,3)26-18(25)22-9-8-20(13-22,17(23)24)11-14-10-15-6-4-5-7-16(15)21-12-14/h4-7,10,12H,8-9,11,13H2,1-3H3,(H,23,24). The highest BCUT2D eigenvalue weighted by atomic mass is 16.6. The van der Waals surface area contributed by atoms with Crippen LogP contribution < -0.4 is 0 Å². The van der Waals surface area contributed by atoms with Gasteiger partial charge in [0.05, 0.1) is 10.9 Å². The number of hydrogen-bond acceptors (Lipinski definition) is 4. The van der Waals surface area contributed by atoms with Gasteiger partial charge in [0, 0.05) is 24.7 Å². The first kappa shape index (κ1) is 18.2. The lowest BCUT2D eigenvalue weighted by atomic mass is 9.81. The molecule has 6 nitrogen and oxygen atoms in total. The summed E-state index contributed by atoms with van der Waals surface area (Å²) in [6.45, 7) is 5.91. The maximum atomic E-state index is 12.3. The number of aromatic nitrogens is 1. The van der Waals surface area contributed by atoms with Gasteiger partial charge in [-0.05, 0) is 51.3 Å². The molecule has 138 valence electrons. The van der Waals surface area contributed by atoms with E-state index in [0.29, 0.717) is 19.4 Å². The summed E-state index contributed by atoms with van der Waals surface area (Å²) in [5.41, 5.74) is 0.120. The molecule has 0 radical (unpaired) electrons. The zero-order valence-electron chi connectivity index (χ0n) is 15.4. The molecule has 0 spiro atoms. The Morgan fingerprint density at radius 2 is 2.04 bits per heavy atom. The number of fused-ring (bicyclic) bond motifs is 1.